The van der Waals surface area contributed by atoms with E-state index < -0.39 is 0 Å². The van der Waals surface area contributed by atoms with Crippen molar-refractivity contribution in [2.45, 2.75) is 71.0 Å². The van der Waals surface area contributed by atoms with Crippen LogP contribution in [0.1, 0.15) is 63.5 Å². The molecule has 1 aromatic rings. The highest BCUT2D eigenvalue weighted by molar-refractivity contribution is 5.88. The second kappa shape index (κ2) is 6.42. The summed E-state index contributed by atoms with van der Waals surface area (Å²) in [6.45, 7) is 6.47. The minimum Gasteiger partial charge on any atom is -0.332 e. The molecule has 1 saturated heterocycles. The summed E-state index contributed by atoms with van der Waals surface area (Å²) in [6.07, 6.45) is 5.17. The first-order valence-corrected chi connectivity index (χ1v) is 9.57. The number of nitrogens with zero attached hydrogens (tertiary/aromatic N) is 5. The van der Waals surface area contributed by atoms with Gasteiger partial charge in [0.2, 0.25) is 11.8 Å². The van der Waals surface area contributed by atoms with Gasteiger partial charge in [0.1, 0.15) is 11.9 Å². The minimum atomic E-state index is -0.305. The van der Waals surface area contributed by atoms with Gasteiger partial charge in [-0.15, -0.1) is 10.2 Å². The molecule has 3 aliphatic rings. The van der Waals surface area contributed by atoms with E-state index >= 15 is 0 Å². The van der Waals surface area contributed by atoms with Gasteiger partial charge in [0.25, 0.3) is 0 Å². The van der Waals surface area contributed by atoms with Crippen molar-refractivity contribution in [3.8, 4) is 0 Å². The Morgan fingerprint density at radius 2 is 1.84 bits per heavy atom. The Hall–Kier alpha value is -1.92. The van der Waals surface area contributed by atoms with Gasteiger partial charge >= 0.3 is 0 Å². The van der Waals surface area contributed by atoms with Crippen LogP contribution >= 0.6 is 0 Å². The van der Waals surface area contributed by atoms with E-state index in [0.717, 1.165) is 37.5 Å². The number of hydrogen-bond donors (Lipinski definition) is 0. The molecule has 0 N–H and O–H groups in total. The lowest BCUT2D eigenvalue weighted by Gasteiger charge is -2.39. The normalized spacial score (nSPS) is 23.7. The molecule has 7 heteroatoms. The highest BCUT2D eigenvalue weighted by Gasteiger charge is 2.38. The Balaban J connectivity index is 1.49. The maximum absolute atomic E-state index is 13.1. The number of aromatic nitrogens is 3. The van der Waals surface area contributed by atoms with E-state index in [1.54, 1.807) is 0 Å². The minimum absolute atomic E-state index is 0.0704. The zero-order valence-electron chi connectivity index (χ0n) is 15.1. The first-order valence-electron chi connectivity index (χ1n) is 9.57. The highest BCUT2D eigenvalue weighted by atomic mass is 16.2. The van der Waals surface area contributed by atoms with E-state index in [9.17, 15) is 9.59 Å². The summed E-state index contributed by atoms with van der Waals surface area (Å²) >= 11 is 0. The zero-order valence-corrected chi connectivity index (χ0v) is 15.1. The van der Waals surface area contributed by atoms with Crippen LogP contribution in [0.5, 0.6) is 0 Å². The van der Waals surface area contributed by atoms with Gasteiger partial charge < -0.3 is 14.4 Å². The molecule has 136 valence electrons. The molecule has 1 aromatic heterocycles. The summed E-state index contributed by atoms with van der Waals surface area (Å²) in [7, 11) is 0. The molecule has 1 aliphatic carbocycles. The van der Waals surface area contributed by atoms with Crippen LogP contribution in [0.2, 0.25) is 0 Å². The SMILES string of the molecule is CC(C)C(=O)N1CCCCC1C(=O)N1CCn2c(nnc2C2CC2)C1. The molecule has 1 unspecified atom stereocenters. The quantitative estimate of drug-likeness (QED) is 0.833. The van der Waals surface area contributed by atoms with Gasteiger partial charge in [-0.2, -0.15) is 0 Å². The maximum atomic E-state index is 13.1. The molecule has 2 aliphatic heterocycles. The van der Waals surface area contributed by atoms with Crippen molar-refractivity contribution >= 4 is 11.8 Å². The largest absolute Gasteiger partial charge is 0.332 e. The smallest absolute Gasteiger partial charge is 0.245 e. The maximum Gasteiger partial charge on any atom is 0.245 e. The molecule has 1 saturated carbocycles. The molecule has 0 bridgehead atoms. The van der Waals surface area contributed by atoms with E-state index in [0.29, 0.717) is 25.6 Å². The molecule has 0 radical (unpaired) electrons. The van der Waals surface area contributed by atoms with Gasteiger partial charge in [-0.1, -0.05) is 13.8 Å². The van der Waals surface area contributed by atoms with Crippen LogP contribution < -0.4 is 0 Å². The summed E-state index contributed by atoms with van der Waals surface area (Å²) in [5.41, 5.74) is 0. The monoisotopic (exact) mass is 345 g/mol. The van der Waals surface area contributed by atoms with Gasteiger partial charge in [-0.3, -0.25) is 9.59 Å². The van der Waals surface area contributed by atoms with Crippen molar-refractivity contribution < 1.29 is 9.59 Å². The average Bonchev–Trinajstić information content (AvgIpc) is 3.39. The Morgan fingerprint density at radius 1 is 1.04 bits per heavy atom. The fraction of sp³-hybridized carbons (Fsp3) is 0.778. The lowest BCUT2D eigenvalue weighted by atomic mass is 9.98. The fourth-order valence-electron chi connectivity index (χ4n) is 4.01. The number of carbonyl (C=O) groups excluding carboxylic acids is 2. The molecule has 3 heterocycles. The molecule has 1 atom stereocenters. The van der Waals surface area contributed by atoms with Gasteiger partial charge in [0.15, 0.2) is 5.82 Å². The third kappa shape index (κ3) is 3.04. The number of amides is 2. The molecule has 0 aromatic carbocycles. The van der Waals surface area contributed by atoms with E-state index in [1.165, 1.54) is 12.8 Å². The molecule has 2 amide bonds. The van der Waals surface area contributed by atoms with E-state index in [4.69, 9.17) is 0 Å². The van der Waals surface area contributed by atoms with Crippen LogP contribution in [0.25, 0.3) is 0 Å². The summed E-state index contributed by atoms with van der Waals surface area (Å²) in [5.74, 6) is 2.65. The third-order valence-corrected chi connectivity index (χ3v) is 5.60. The van der Waals surface area contributed by atoms with Crippen LogP contribution in [0.4, 0.5) is 0 Å². The fourth-order valence-corrected chi connectivity index (χ4v) is 4.01. The molecule has 25 heavy (non-hydrogen) atoms. The lowest BCUT2D eigenvalue weighted by Crippen LogP contribution is -2.55. The van der Waals surface area contributed by atoms with Crippen molar-refractivity contribution in [2.75, 3.05) is 13.1 Å². The van der Waals surface area contributed by atoms with Crippen LogP contribution in [0.15, 0.2) is 0 Å². The van der Waals surface area contributed by atoms with E-state index in [2.05, 4.69) is 14.8 Å². The number of likely N-dealkylation sites (tertiary alicyclic amines) is 1. The number of fused-ring (bicyclic) bond motifs is 1. The van der Waals surface area contributed by atoms with Gasteiger partial charge in [-0.05, 0) is 32.1 Å². The third-order valence-electron chi connectivity index (χ3n) is 5.60. The first-order chi connectivity index (χ1) is 12.1. The van der Waals surface area contributed by atoms with Crippen LogP contribution in [0.3, 0.4) is 0 Å². The van der Waals surface area contributed by atoms with Gasteiger partial charge in [-0.25, -0.2) is 0 Å². The topological polar surface area (TPSA) is 71.3 Å². The molecule has 0 spiro atoms. The Morgan fingerprint density at radius 3 is 2.56 bits per heavy atom. The molecule has 4 rings (SSSR count). The Bertz CT molecular complexity index is 679. The highest BCUT2D eigenvalue weighted by Crippen LogP contribution is 2.39. The molecular formula is C18H27N5O2. The second-order valence-corrected chi connectivity index (χ2v) is 7.86. The van der Waals surface area contributed by atoms with Crippen molar-refractivity contribution in [1.82, 2.24) is 24.6 Å². The molecule has 7 nitrogen and oxygen atoms in total. The Kier molecular flexibility index (Phi) is 4.25. The lowest BCUT2D eigenvalue weighted by molar-refractivity contribution is -0.150. The molecular weight excluding hydrogens is 318 g/mol. The van der Waals surface area contributed by atoms with Crippen molar-refractivity contribution in [3.05, 3.63) is 11.6 Å². The molecule has 2 fully saturated rings. The van der Waals surface area contributed by atoms with Crippen molar-refractivity contribution in [3.63, 3.8) is 0 Å². The number of carbonyl (C=O) groups is 2. The zero-order chi connectivity index (χ0) is 17.6. The van der Waals surface area contributed by atoms with Crippen LogP contribution in [-0.2, 0) is 22.7 Å². The van der Waals surface area contributed by atoms with Gasteiger partial charge in [0.05, 0.1) is 6.54 Å². The van der Waals surface area contributed by atoms with Crippen LogP contribution in [0, 0.1) is 5.92 Å². The summed E-state index contributed by atoms with van der Waals surface area (Å²) < 4.78 is 2.19. The second-order valence-electron chi connectivity index (χ2n) is 7.86. The Labute approximate surface area is 148 Å². The standard InChI is InChI=1S/C18H27N5O2/c1-12(2)17(24)22-8-4-3-5-14(22)18(25)21-9-10-23-15(11-21)19-20-16(23)13-6-7-13/h12-14H,3-11H2,1-2H3. The first kappa shape index (κ1) is 16.5. The van der Waals surface area contributed by atoms with E-state index in [-0.39, 0.29) is 23.8 Å². The number of rotatable bonds is 3. The average molecular weight is 345 g/mol. The van der Waals surface area contributed by atoms with Gasteiger partial charge in [0, 0.05) is 31.5 Å². The predicted octanol–water partition coefficient (Wildman–Crippen LogP) is 1.53. The summed E-state index contributed by atoms with van der Waals surface area (Å²) in [4.78, 5) is 29.3. The summed E-state index contributed by atoms with van der Waals surface area (Å²) in [5, 5.41) is 8.66. The predicted molar refractivity (Wildman–Crippen MR) is 91.6 cm³/mol. The van der Waals surface area contributed by atoms with Crippen molar-refractivity contribution in [2.24, 2.45) is 5.92 Å². The number of piperidine rings is 1. The van der Waals surface area contributed by atoms with E-state index in [1.807, 2.05) is 23.6 Å². The van der Waals surface area contributed by atoms with Crippen LogP contribution in [-0.4, -0.2) is 55.5 Å². The van der Waals surface area contributed by atoms with Crippen molar-refractivity contribution in [1.29, 1.82) is 0 Å². The summed E-state index contributed by atoms with van der Waals surface area (Å²) in [6, 6.07) is -0.305. The number of hydrogen-bond acceptors (Lipinski definition) is 4.